The molecule has 1 amide bonds. The fourth-order valence-corrected chi connectivity index (χ4v) is 2.61. The molecule has 120 valence electrons. The molecule has 0 N–H and O–H groups in total. The van der Waals surface area contributed by atoms with Gasteiger partial charge in [0.25, 0.3) is 0 Å². The molecule has 1 heterocycles. The number of carbonyl (C=O) groups is 1. The Bertz CT molecular complexity index is 506. The third-order valence-electron chi connectivity index (χ3n) is 3.92. The van der Waals surface area contributed by atoms with Gasteiger partial charge in [0.15, 0.2) is 0 Å². The lowest BCUT2D eigenvalue weighted by Gasteiger charge is -2.36. The Morgan fingerprint density at radius 1 is 1.18 bits per heavy atom. The highest BCUT2D eigenvalue weighted by molar-refractivity contribution is 5.68. The van der Waals surface area contributed by atoms with Gasteiger partial charge in [-0.3, -0.25) is 0 Å². The second-order valence-corrected chi connectivity index (χ2v) is 5.60. The maximum Gasteiger partial charge on any atom is 0.410 e. The summed E-state index contributed by atoms with van der Waals surface area (Å²) in [4.78, 5) is 16.1. The van der Waals surface area contributed by atoms with Crippen molar-refractivity contribution in [2.24, 2.45) is 0 Å². The van der Waals surface area contributed by atoms with Crippen molar-refractivity contribution in [1.82, 2.24) is 4.90 Å². The third kappa shape index (κ3) is 4.52. The Kier molecular flexibility index (Phi) is 6.31. The molecular weight excluding hydrogens is 276 g/mol. The van der Waals surface area contributed by atoms with Crippen molar-refractivity contribution < 1.29 is 9.53 Å². The molecule has 0 aliphatic carbocycles. The van der Waals surface area contributed by atoms with E-state index in [1.54, 1.807) is 4.90 Å². The van der Waals surface area contributed by atoms with Crippen molar-refractivity contribution in [3.05, 3.63) is 42.0 Å². The van der Waals surface area contributed by atoms with Gasteiger partial charge in [0, 0.05) is 31.9 Å². The van der Waals surface area contributed by atoms with E-state index in [-0.39, 0.29) is 6.09 Å². The van der Waals surface area contributed by atoms with Crippen LogP contribution in [0.5, 0.6) is 0 Å². The van der Waals surface area contributed by atoms with Crippen LogP contribution < -0.4 is 4.90 Å². The lowest BCUT2D eigenvalue weighted by molar-refractivity contribution is 0.110. The predicted molar refractivity (Wildman–Crippen MR) is 90.4 cm³/mol. The van der Waals surface area contributed by atoms with Gasteiger partial charge in [-0.05, 0) is 25.0 Å². The number of piperazine rings is 1. The van der Waals surface area contributed by atoms with Crippen LogP contribution in [-0.4, -0.2) is 43.8 Å². The summed E-state index contributed by atoms with van der Waals surface area (Å²) < 4.78 is 5.27. The molecule has 0 atom stereocenters. The van der Waals surface area contributed by atoms with Crippen molar-refractivity contribution in [3.63, 3.8) is 0 Å². The number of hydrogen-bond acceptors (Lipinski definition) is 3. The average Bonchev–Trinajstić information content (AvgIpc) is 2.55. The molecule has 4 heteroatoms. The molecule has 0 saturated carbocycles. The van der Waals surface area contributed by atoms with E-state index in [0.717, 1.165) is 25.9 Å². The summed E-state index contributed by atoms with van der Waals surface area (Å²) in [5.74, 6) is 0. The summed E-state index contributed by atoms with van der Waals surface area (Å²) in [5.41, 5.74) is 2.54. The van der Waals surface area contributed by atoms with Crippen LogP contribution in [0.1, 0.15) is 25.3 Å². The van der Waals surface area contributed by atoms with Crippen LogP contribution in [0, 0.1) is 6.92 Å². The van der Waals surface area contributed by atoms with Crippen LogP contribution in [0.15, 0.2) is 36.4 Å². The zero-order valence-electron chi connectivity index (χ0n) is 13.6. The van der Waals surface area contributed by atoms with E-state index >= 15 is 0 Å². The van der Waals surface area contributed by atoms with Gasteiger partial charge in [0.2, 0.25) is 0 Å². The molecule has 1 aromatic rings. The highest BCUT2D eigenvalue weighted by Crippen LogP contribution is 2.20. The maximum atomic E-state index is 12.0. The van der Waals surface area contributed by atoms with E-state index in [9.17, 15) is 4.79 Å². The zero-order chi connectivity index (χ0) is 15.8. The average molecular weight is 302 g/mol. The minimum atomic E-state index is -0.203. The number of carbonyl (C=O) groups excluding carboxylic acids is 1. The summed E-state index contributed by atoms with van der Waals surface area (Å²) in [5, 5.41) is 0. The monoisotopic (exact) mass is 302 g/mol. The maximum absolute atomic E-state index is 12.0. The number of para-hydroxylation sites is 1. The van der Waals surface area contributed by atoms with Crippen molar-refractivity contribution in [3.8, 4) is 0 Å². The van der Waals surface area contributed by atoms with Crippen LogP contribution >= 0.6 is 0 Å². The second kappa shape index (κ2) is 8.47. The number of aryl methyl sites for hydroxylation is 1. The van der Waals surface area contributed by atoms with E-state index in [1.165, 1.54) is 11.3 Å². The molecule has 1 aliphatic heterocycles. The van der Waals surface area contributed by atoms with Crippen LogP contribution in [0.25, 0.3) is 0 Å². The first-order valence-electron chi connectivity index (χ1n) is 8.09. The van der Waals surface area contributed by atoms with Crippen molar-refractivity contribution in [1.29, 1.82) is 0 Å². The minimum Gasteiger partial charge on any atom is -0.445 e. The topological polar surface area (TPSA) is 32.8 Å². The molecule has 1 saturated heterocycles. The summed E-state index contributed by atoms with van der Waals surface area (Å²) in [6.07, 6.45) is 5.93. The summed E-state index contributed by atoms with van der Waals surface area (Å²) in [7, 11) is 0. The summed E-state index contributed by atoms with van der Waals surface area (Å²) in [6.45, 7) is 7.76. The number of hydrogen-bond donors (Lipinski definition) is 0. The van der Waals surface area contributed by atoms with Gasteiger partial charge >= 0.3 is 6.09 Å². The van der Waals surface area contributed by atoms with Gasteiger partial charge in [-0.15, -0.1) is 0 Å². The molecule has 1 aliphatic rings. The molecule has 0 radical (unpaired) electrons. The number of anilines is 1. The quantitative estimate of drug-likeness (QED) is 0.779. The first kappa shape index (κ1) is 16.4. The number of ether oxygens (including phenoxy) is 1. The SMILES string of the molecule is CCCC=CCOC(=O)N1CCN(c2ccccc2C)CC1. The number of nitrogens with zero attached hydrogens (tertiary/aromatic N) is 2. The van der Waals surface area contributed by atoms with Crippen molar-refractivity contribution >= 4 is 11.8 Å². The van der Waals surface area contributed by atoms with Crippen LogP contribution in [-0.2, 0) is 4.74 Å². The molecule has 0 unspecified atom stereocenters. The van der Waals surface area contributed by atoms with Crippen LogP contribution in [0.2, 0.25) is 0 Å². The Balaban J connectivity index is 1.77. The van der Waals surface area contributed by atoms with Gasteiger partial charge in [0.1, 0.15) is 6.61 Å². The van der Waals surface area contributed by atoms with Gasteiger partial charge < -0.3 is 14.5 Å². The van der Waals surface area contributed by atoms with Gasteiger partial charge in [0.05, 0.1) is 0 Å². The highest BCUT2D eigenvalue weighted by Gasteiger charge is 2.22. The van der Waals surface area contributed by atoms with Crippen molar-refractivity contribution in [2.45, 2.75) is 26.7 Å². The Hall–Kier alpha value is -1.97. The molecule has 0 spiro atoms. The fourth-order valence-electron chi connectivity index (χ4n) is 2.61. The predicted octanol–water partition coefficient (Wildman–Crippen LogP) is 3.61. The minimum absolute atomic E-state index is 0.203. The van der Waals surface area contributed by atoms with Crippen LogP contribution in [0.3, 0.4) is 0 Å². The Morgan fingerprint density at radius 3 is 2.59 bits per heavy atom. The Labute approximate surface area is 133 Å². The molecule has 1 fully saturated rings. The smallest absolute Gasteiger partial charge is 0.410 e. The fraction of sp³-hybridized carbons (Fsp3) is 0.500. The molecule has 22 heavy (non-hydrogen) atoms. The number of amides is 1. The molecule has 0 bridgehead atoms. The first-order valence-corrected chi connectivity index (χ1v) is 8.09. The second-order valence-electron chi connectivity index (χ2n) is 5.60. The summed E-state index contributed by atoms with van der Waals surface area (Å²) in [6, 6.07) is 8.38. The molecule has 2 rings (SSSR count). The van der Waals surface area contributed by atoms with Gasteiger partial charge in [-0.1, -0.05) is 43.7 Å². The Morgan fingerprint density at radius 2 is 1.91 bits per heavy atom. The van der Waals surface area contributed by atoms with E-state index < -0.39 is 0 Å². The third-order valence-corrected chi connectivity index (χ3v) is 3.92. The van der Waals surface area contributed by atoms with E-state index in [2.05, 4.69) is 49.1 Å². The lowest BCUT2D eigenvalue weighted by Crippen LogP contribution is -2.49. The molecule has 0 aromatic heterocycles. The standard InChI is InChI=1S/C18H26N2O2/c1-3-4-5-8-15-22-18(21)20-13-11-19(12-14-20)17-10-7-6-9-16(17)2/h5-10H,3-4,11-15H2,1-2H3. The number of allylic oxidation sites excluding steroid dienone is 1. The van der Waals surface area contributed by atoms with Gasteiger partial charge in [-0.25, -0.2) is 4.79 Å². The van der Waals surface area contributed by atoms with Gasteiger partial charge in [-0.2, -0.15) is 0 Å². The lowest BCUT2D eigenvalue weighted by atomic mass is 10.1. The summed E-state index contributed by atoms with van der Waals surface area (Å²) >= 11 is 0. The number of rotatable bonds is 5. The normalized spacial score (nSPS) is 15.4. The largest absolute Gasteiger partial charge is 0.445 e. The number of unbranched alkanes of at least 4 members (excludes halogenated alkanes) is 1. The first-order chi connectivity index (χ1) is 10.7. The number of benzene rings is 1. The molecular formula is C18H26N2O2. The van der Waals surface area contributed by atoms with E-state index in [4.69, 9.17) is 4.74 Å². The molecule has 1 aromatic carbocycles. The van der Waals surface area contributed by atoms with Crippen LogP contribution in [0.4, 0.5) is 10.5 Å². The van der Waals surface area contributed by atoms with E-state index in [1.807, 2.05) is 6.08 Å². The molecule has 4 nitrogen and oxygen atoms in total. The van der Waals surface area contributed by atoms with Crippen molar-refractivity contribution in [2.75, 3.05) is 37.7 Å². The highest BCUT2D eigenvalue weighted by atomic mass is 16.6. The van der Waals surface area contributed by atoms with E-state index in [0.29, 0.717) is 19.7 Å². The zero-order valence-corrected chi connectivity index (χ0v) is 13.6.